The molecule has 0 aliphatic carbocycles. The molecule has 3 heteroatoms. The fraction of sp³-hybridized carbons (Fsp3) is 0.944. The summed E-state index contributed by atoms with van der Waals surface area (Å²) >= 11 is 0. The van der Waals surface area contributed by atoms with Crippen molar-refractivity contribution < 1.29 is 9.53 Å². The largest absolute Gasteiger partial charge is 0.459 e. The van der Waals surface area contributed by atoms with E-state index in [9.17, 15) is 4.79 Å². The van der Waals surface area contributed by atoms with Gasteiger partial charge in [0.05, 0.1) is 6.54 Å². The third-order valence-corrected chi connectivity index (χ3v) is 3.53. The van der Waals surface area contributed by atoms with Crippen molar-refractivity contribution in [1.82, 2.24) is 4.90 Å². The lowest BCUT2D eigenvalue weighted by Gasteiger charge is -2.27. The fourth-order valence-electron chi connectivity index (χ4n) is 2.33. The topological polar surface area (TPSA) is 29.5 Å². The van der Waals surface area contributed by atoms with Crippen LogP contribution >= 0.6 is 0 Å². The standard InChI is InChI=1S/C18H37NO2/c1-7-8-9-10-11-12-13-14-19(16(2)3)15-17(20)21-18(4,5)6/h16H,7-15H2,1-6H3. The highest BCUT2D eigenvalue weighted by Gasteiger charge is 2.20. The van der Waals surface area contributed by atoms with Crippen LogP contribution in [-0.4, -0.2) is 35.6 Å². The van der Waals surface area contributed by atoms with Crippen LogP contribution < -0.4 is 0 Å². The summed E-state index contributed by atoms with van der Waals surface area (Å²) in [6.07, 6.45) is 9.13. The van der Waals surface area contributed by atoms with Crippen LogP contribution in [0.4, 0.5) is 0 Å². The van der Waals surface area contributed by atoms with Crippen molar-refractivity contribution in [1.29, 1.82) is 0 Å². The van der Waals surface area contributed by atoms with Crippen molar-refractivity contribution in [2.45, 2.75) is 98.1 Å². The lowest BCUT2D eigenvalue weighted by atomic mass is 10.1. The molecule has 0 aliphatic heterocycles. The van der Waals surface area contributed by atoms with Crippen LogP contribution in [0.3, 0.4) is 0 Å². The maximum atomic E-state index is 11.9. The van der Waals surface area contributed by atoms with Crippen molar-refractivity contribution in [3.8, 4) is 0 Å². The summed E-state index contributed by atoms with van der Waals surface area (Å²) < 4.78 is 5.41. The Morgan fingerprint density at radius 1 is 1.00 bits per heavy atom. The molecular formula is C18H37NO2. The molecule has 0 aromatic rings. The fourth-order valence-corrected chi connectivity index (χ4v) is 2.33. The zero-order chi connectivity index (χ0) is 16.3. The van der Waals surface area contributed by atoms with Crippen molar-refractivity contribution >= 4 is 5.97 Å². The van der Waals surface area contributed by atoms with E-state index in [1.807, 2.05) is 20.8 Å². The van der Waals surface area contributed by atoms with E-state index in [0.717, 1.165) is 6.54 Å². The van der Waals surface area contributed by atoms with E-state index < -0.39 is 0 Å². The van der Waals surface area contributed by atoms with Gasteiger partial charge in [-0.15, -0.1) is 0 Å². The zero-order valence-corrected chi connectivity index (χ0v) is 15.2. The van der Waals surface area contributed by atoms with Gasteiger partial charge in [0.2, 0.25) is 0 Å². The molecule has 0 spiro atoms. The zero-order valence-electron chi connectivity index (χ0n) is 15.2. The van der Waals surface area contributed by atoms with E-state index in [1.54, 1.807) is 0 Å². The highest BCUT2D eigenvalue weighted by atomic mass is 16.6. The van der Waals surface area contributed by atoms with Crippen LogP contribution in [-0.2, 0) is 9.53 Å². The molecule has 0 heterocycles. The lowest BCUT2D eigenvalue weighted by molar-refractivity contribution is -0.156. The summed E-state index contributed by atoms with van der Waals surface area (Å²) in [5.74, 6) is -0.112. The predicted octanol–water partition coefficient (Wildman–Crippen LogP) is 4.79. The summed E-state index contributed by atoms with van der Waals surface area (Å²) in [7, 11) is 0. The van der Waals surface area contributed by atoms with Gasteiger partial charge in [-0.3, -0.25) is 9.69 Å². The van der Waals surface area contributed by atoms with Gasteiger partial charge in [-0.2, -0.15) is 0 Å². The Morgan fingerprint density at radius 3 is 2.00 bits per heavy atom. The molecule has 0 radical (unpaired) electrons. The first-order valence-electron chi connectivity index (χ1n) is 8.72. The Labute approximate surface area is 132 Å². The molecule has 0 amide bonds. The number of hydrogen-bond acceptors (Lipinski definition) is 3. The minimum atomic E-state index is -0.390. The summed E-state index contributed by atoms with van der Waals surface area (Å²) in [4.78, 5) is 14.1. The molecule has 0 N–H and O–H groups in total. The van der Waals surface area contributed by atoms with Crippen LogP contribution in [0.1, 0.15) is 86.5 Å². The number of hydrogen-bond donors (Lipinski definition) is 0. The monoisotopic (exact) mass is 299 g/mol. The van der Waals surface area contributed by atoms with Gasteiger partial charge in [-0.25, -0.2) is 0 Å². The molecule has 0 saturated carbocycles. The second kappa shape index (κ2) is 11.1. The Kier molecular flexibility index (Phi) is 10.8. The second-order valence-corrected chi connectivity index (χ2v) is 7.27. The lowest BCUT2D eigenvalue weighted by Crippen LogP contribution is -2.39. The van der Waals surface area contributed by atoms with Crippen LogP contribution in [0.5, 0.6) is 0 Å². The predicted molar refractivity (Wildman–Crippen MR) is 90.5 cm³/mol. The smallest absolute Gasteiger partial charge is 0.320 e. The third-order valence-electron chi connectivity index (χ3n) is 3.53. The minimum Gasteiger partial charge on any atom is -0.459 e. The quantitative estimate of drug-likeness (QED) is 0.406. The number of nitrogens with zero attached hydrogens (tertiary/aromatic N) is 1. The van der Waals surface area contributed by atoms with Gasteiger partial charge >= 0.3 is 5.97 Å². The number of carbonyl (C=O) groups is 1. The molecule has 3 nitrogen and oxygen atoms in total. The summed E-state index contributed by atoms with van der Waals surface area (Å²) in [6, 6.07) is 0.387. The molecule has 0 saturated heterocycles. The maximum absolute atomic E-state index is 11.9. The maximum Gasteiger partial charge on any atom is 0.320 e. The average molecular weight is 299 g/mol. The number of esters is 1. The van der Waals surface area contributed by atoms with E-state index in [0.29, 0.717) is 12.6 Å². The van der Waals surface area contributed by atoms with Crippen molar-refractivity contribution in [2.75, 3.05) is 13.1 Å². The van der Waals surface area contributed by atoms with Gasteiger partial charge in [0.25, 0.3) is 0 Å². The van der Waals surface area contributed by atoms with Gasteiger partial charge in [0, 0.05) is 6.04 Å². The first kappa shape index (κ1) is 20.4. The molecule has 0 rings (SSSR count). The van der Waals surface area contributed by atoms with E-state index in [1.165, 1.54) is 44.9 Å². The molecule has 21 heavy (non-hydrogen) atoms. The Morgan fingerprint density at radius 2 is 1.52 bits per heavy atom. The average Bonchev–Trinajstić information content (AvgIpc) is 2.33. The molecule has 0 unspecified atom stereocenters. The Hall–Kier alpha value is -0.570. The van der Waals surface area contributed by atoms with Crippen molar-refractivity contribution in [2.24, 2.45) is 0 Å². The summed E-state index contributed by atoms with van der Waals surface area (Å²) in [5.41, 5.74) is -0.390. The second-order valence-electron chi connectivity index (χ2n) is 7.27. The first-order valence-corrected chi connectivity index (χ1v) is 8.72. The molecule has 0 aromatic heterocycles. The van der Waals surface area contributed by atoms with Crippen molar-refractivity contribution in [3.63, 3.8) is 0 Å². The number of unbranched alkanes of at least 4 members (excludes halogenated alkanes) is 6. The van der Waals surface area contributed by atoms with E-state index >= 15 is 0 Å². The molecule has 126 valence electrons. The van der Waals surface area contributed by atoms with Crippen LogP contribution in [0.2, 0.25) is 0 Å². The number of ether oxygens (including phenoxy) is 1. The molecule has 0 fully saturated rings. The molecule has 0 aromatic carbocycles. The summed E-state index contributed by atoms with van der Waals surface area (Å²) in [5, 5.41) is 0. The number of rotatable bonds is 11. The van der Waals surface area contributed by atoms with Gasteiger partial charge in [-0.05, 0) is 47.6 Å². The molecule has 0 atom stereocenters. The van der Waals surface area contributed by atoms with Crippen LogP contribution in [0, 0.1) is 0 Å². The van der Waals surface area contributed by atoms with E-state index in [4.69, 9.17) is 4.74 Å². The molecule has 0 aliphatic rings. The summed E-state index contributed by atoms with van der Waals surface area (Å²) in [6.45, 7) is 13.7. The van der Waals surface area contributed by atoms with Gasteiger partial charge in [0.15, 0.2) is 0 Å². The Bertz CT molecular complexity index is 269. The minimum absolute atomic E-state index is 0.112. The normalized spacial score (nSPS) is 12.2. The van der Waals surface area contributed by atoms with Gasteiger partial charge < -0.3 is 4.74 Å². The number of carbonyl (C=O) groups excluding carboxylic acids is 1. The van der Waals surface area contributed by atoms with Gasteiger partial charge in [-0.1, -0.05) is 45.4 Å². The molecule has 0 bridgehead atoms. The SMILES string of the molecule is CCCCCCCCCN(CC(=O)OC(C)(C)C)C(C)C. The first-order chi connectivity index (χ1) is 9.76. The van der Waals surface area contributed by atoms with Crippen molar-refractivity contribution in [3.05, 3.63) is 0 Å². The molecular weight excluding hydrogens is 262 g/mol. The van der Waals surface area contributed by atoms with Crippen LogP contribution in [0.15, 0.2) is 0 Å². The van der Waals surface area contributed by atoms with Crippen LogP contribution in [0.25, 0.3) is 0 Å². The van der Waals surface area contributed by atoms with E-state index in [2.05, 4.69) is 25.7 Å². The third kappa shape index (κ3) is 12.9. The van der Waals surface area contributed by atoms with E-state index in [-0.39, 0.29) is 11.6 Å². The Balaban J connectivity index is 3.90. The highest BCUT2D eigenvalue weighted by molar-refractivity contribution is 5.72. The highest BCUT2D eigenvalue weighted by Crippen LogP contribution is 2.11. The van der Waals surface area contributed by atoms with Gasteiger partial charge in [0.1, 0.15) is 5.60 Å².